The molecule has 0 atom stereocenters. The molecule has 142 valence electrons. The Bertz CT molecular complexity index is 984. The first kappa shape index (κ1) is 19.7. The maximum atomic E-state index is 11.4. The summed E-state index contributed by atoms with van der Waals surface area (Å²) < 4.78 is 0. The maximum Gasteiger partial charge on any atom is 0.248 e. The molecule has 1 aliphatic carbocycles. The van der Waals surface area contributed by atoms with Crippen LogP contribution in [0.2, 0.25) is 0 Å². The van der Waals surface area contributed by atoms with Crippen LogP contribution in [-0.2, 0) is 5.75 Å². The third kappa shape index (κ3) is 4.11. The molecule has 0 saturated heterocycles. The zero-order valence-corrected chi connectivity index (χ0v) is 16.3. The second-order valence-electron chi connectivity index (χ2n) is 6.88. The molecule has 0 aliphatic heterocycles. The van der Waals surface area contributed by atoms with Crippen LogP contribution in [0.1, 0.15) is 70.6 Å². The summed E-state index contributed by atoms with van der Waals surface area (Å²) in [6.07, 6.45) is 5.27. The number of primary amides is 1. The monoisotopic (exact) mass is 391 g/mol. The van der Waals surface area contributed by atoms with Crippen molar-refractivity contribution in [1.29, 1.82) is 10.5 Å². The van der Waals surface area contributed by atoms with Crippen LogP contribution in [0.15, 0.2) is 29.3 Å². The normalized spacial score (nSPS) is 14.2. The highest BCUT2D eigenvalue weighted by molar-refractivity contribution is 7.98. The number of nitrogens with two attached hydrogens (primary N) is 2. The number of thioether (sulfide) groups is 1. The van der Waals surface area contributed by atoms with Gasteiger partial charge in [-0.25, -0.2) is 4.98 Å². The van der Waals surface area contributed by atoms with Gasteiger partial charge in [0.05, 0.1) is 11.1 Å². The lowest BCUT2D eigenvalue weighted by Gasteiger charge is -2.25. The largest absolute Gasteiger partial charge is 0.383 e. The number of hydrogen-bond donors (Lipinski definition) is 2. The quantitative estimate of drug-likeness (QED) is 0.745. The zero-order valence-electron chi connectivity index (χ0n) is 15.4. The molecule has 6 nitrogen and oxygen atoms in total. The number of benzene rings is 1. The van der Waals surface area contributed by atoms with Gasteiger partial charge in [-0.15, -0.1) is 11.8 Å². The van der Waals surface area contributed by atoms with E-state index in [0.717, 1.165) is 36.8 Å². The molecule has 0 spiro atoms. The third-order valence-corrected chi connectivity index (χ3v) is 6.10. The summed E-state index contributed by atoms with van der Waals surface area (Å²) in [5, 5.41) is 20.0. The van der Waals surface area contributed by atoms with Crippen LogP contribution < -0.4 is 11.5 Å². The standard InChI is InChI=1S/C21H21N5OS/c22-10-16-18(14-6-2-1-3-7-14)17(11-23)21(26-19(16)24)28-12-13-5-4-8-15(9-13)20(25)27/h4-5,8-9,14H,1-3,6-7,12H2,(H2,24,26)(H2,25,27). The third-order valence-electron chi connectivity index (χ3n) is 5.05. The van der Waals surface area contributed by atoms with Gasteiger partial charge in [0.25, 0.3) is 0 Å². The predicted molar refractivity (Wildman–Crippen MR) is 108 cm³/mol. The fraction of sp³-hybridized carbons (Fsp3) is 0.333. The van der Waals surface area contributed by atoms with Crippen molar-refractivity contribution >= 4 is 23.5 Å². The van der Waals surface area contributed by atoms with Crippen molar-refractivity contribution in [2.75, 3.05) is 5.73 Å². The number of hydrogen-bond acceptors (Lipinski definition) is 6. The van der Waals surface area contributed by atoms with Gasteiger partial charge < -0.3 is 11.5 Å². The molecule has 4 N–H and O–H groups in total. The predicted octanol–water partition coefficient (Wildman–Crippen LogP) is 3.85. The van der Waals surface area contributed by atoms with Crippen molar-refractivity contribution in [3.8, 4) is 12.1 Å². The Hall–Kier alpha value is -3.03. The molecule has 3 rings (SSSR count). The van der Waals surface area contributed by atoms with E-state index in [2.05, 4.69) is 17.1 Å². The van der Waals surface area contributed by atoms with E-state index in [4.69, 9.17) is 11.5 Å². The van der Waals surface area contributed by atoms with E-state index in [-0.39, 0.29) is 11.7 Å². The average Bonchev–Trinajstić information content (AvgIpc) is 2.72. The van der Waals surface area contributed by atoms with Crippen LogP contribution in [0, 0.1) is 22.7 Å². The number of nitrogen functional groups attached to an aromatic ring is 1. The molecule has 28 heavy (non-hydrogen) atoms. The van der Waals surface area contributed by atoms with E-state index in [1.807, 2.05) is 6.07 Å². The topological polar surface area (TPSA) is 130 Å². The molecule has 0 radical (unpaired) electrons. The first-order valence-corrected chi connectivity index (χ1v) is 10.2. The van der Waals surface area contributed by atoms with Crippen LogP contribution in [0.5, 0.6) is 0 Å². The molecular formula is C21H21N5OS. The molecule has 0 bridgehead atoms. The molecule has 1 aromatic carbocycles. The fourth-order valence-electron chi connectivity index (χ4n) is 3.69. The van der Waals surface area contributed by atoms with Crippen LogP contribution in [-0.4, -0.2) is 10.9 Å². The number of rotatable bonds is 5. The summed E-state index contributed by atoms with van der Waals surface area (Å²) in [6, 6.07) is 11.5. The fourth-order valence-corrected chi connectivity index (χ4v) is 4.64. The molecule has 1 heterocycles. The van der Waals surface area contributed by atoms with Gasteiger partial charge in [-0.05, 0) is 42.0 Å². The van der Waals surface area contributed by atoms with Crippen molar-refractivity contribution in [1.82, 2.24) is 4.98 Å². The minimum Gasteiger partial charge on any atom is -0.383 e. The number of carbonyl (C=O) groups excluding carboxylic acids is 1. The summed E-state index contributed by atoms with van der Waals surface area (Å²) in [4.78, 5) is 15.7. The molecule has 1 fully saturated rings. The van der Waals surface area contributed by atoms with E-state index < -0.39 is 5.91 Å². The number of nitrogens with zero attached hydrogens (tertiary/aromatic N) is 3. The molecule has 1 aliphatic rings. The summed E-state index contributed by atoms with van der Waals surface area (Å²) in [5.74, 6) is 0.374. The minimum absolute atomic E-state index is 0.167. The van der Waals surface area contributed by atoms with E-state index in [0.29, 0.717) is 27.5 Å². The molecule has 0 unspecified atom stereocenters. The van der Waals surface area contributed by atoms with Crippen LogP contribution in [0.4, 0.5) is 5.82 Å². The molecule has 1 saturated carbocycles. The van der Waals surface area contributed by atoms with Gasteiger partial charge in [0.1, 0.15) is 23.0 Å². The highest BCUT2D eigenvalue weighted by atomic mass is 32.2. The van der Waals surface area contributed by atoms with Gasteiger partial charge in [-0.1, -0.05) is 31.4 Å². The van der Waals surface area contributed by atoms with E-state index in [1.54, 1.807) is 18.2 Å². The molecular weight excluding hydrogens is 370 g/mol. The second-order valence-corrected chi connectivity index (χ2v) is 7.84. The minimum atomic E-state index is -0.482. The smallest absolute Gasteiger partial charge is 0.248 e. The lowest BCUT2D eigenvalue weighted by molar-refractivity contribution is 0.1000. The van der Waals surface area contributed by atoms with Crippen molar-refractivity contribution in [2.24, 2.45) is 5.73 Å². The van der Waals surface area contributed by atoms with Gasteiger partial charge in [0.15, 0.2) is 0 Å². The Labute approximate surface area is 168 Å². The summed E-state index contributed by atoms with van der Waals surface area (Å²) in [6.45, 7) is 0. The van der Waals surface area contributed by atoms with Crippen LogP contribution in [0.3, 0.4) is 0 Å². The van der Waals surface area contributed by atoms with Crippen molar-refractivity contribution in [3.63, 3.8) is 0 Å². The number of aromatic nitrogens is 1. The molecule has 1 aromatic heterocycles. The van der Waals surface area contributed by atoms with E-state index in [1.165, 1.54) is 18.2 Å². The number of carbonyl (C=O) groups is 1. The summed E-state index contributed by atoms with van der Waals surface area (Å²) in [7, 11) is 0. The zero-order chi connectivity index (χ0) is 20.1. The number of amides is 1. The van der Waals surface area contributed by atoms with Crippen molar-refractivity contribution in [2.45, 2.75) is 48.8 Å². The highest BCUT2D eigenvalue weighted by Crippen LogP contribution is 2.40. The van der Waals surface area contributed by atoms with Gasteiger partial charge >= 0.3 is 0 Å². The van der Waals surface area contributed by atoms with Crippen LogP contribution in [0.25, 0.3) is 0 Å². The van der Waals surface area contributed by atoms with Gasteiger partial charge in [-0.2, -0.15) is 10.5 Å². The first-order chi connectivity index (χ1) is 13.5. The lowest BCUT2D eigenvalue weighted by atomic mass is 9.80. The second kappa shape index (κ2) is 8.77. The lowest BCUT2D eigenvalue weighted by Crippen LogP contribution is -2.13. The van der Waals surface area contributed by atoms with Gasteiger partial charge in [-0.3, -0.25) is 4.79 Å². The van der Waals surface area contributed by atoms with Gasteiger partial charge in [0, 0.05) is 11.3 Å². The molecule has 7 heteroatoms. The van der Waals surface area contributed by atoms with Crippen molar-refractivity contribution in [3.05, 3.63) is 52.1 Å². The number of pyridine rings is 1. The molecule has 2 aromatic rings. The summed E-state index contributed by atoms with van der Waals surface area (Å²) in [5.41, 5.74) is 14.3. The Morgan fingerprint density at radius 2 is 1.89 bits per heavy atom. The summed E-state index contributed by atoms with van der Waals surface area (Å²) >= 11 is 1.38. The van der Waals surface area contributed by atoms with E-state index >= 15 is 0 Å². The highest BCUT2D eigenvalue weighted by Gasteiger charge is 2.26. The van der Waals surface area contributed by atoms with Gasteiger partial charge in [0.2, 0.25) is 5.91 Å². The number of nitriles is 2. The number of anilines is 1. The van der Waals surface area contributed by atoms with Crippen molar-refractivity contribution < 1.29 is 4.79 Å². The molecule has 1 amide bonds. The first-order valence-electron chi connectivity index (χ1n) is 9.20. The van der Waals surface area contributed by atoms with E-state index in [9.17, 15) is 15.3 Å². The Morgan fingerprint density at radius 1 is 1.18 bits per heavy atom. The average molecular weight is 392 g/mol. The van der Waals surface area contributed by atoms with Crippen LogP contribution >= 0.6 is 11.8 Å². The SMILES string of the molecule is N#Cc1c(N)nc(SCc2cccc(C(N)=O)c2)c(C#N)c1C1CCCCC1. The maximum absolute atomic E-state index is 11.4. The Kier molecular flexibility index (Phi) is 6.18. The Morgan fingerprint density at radius 3 is 2.54 bits per heavy atom. The Balaban J connectivity index is 1.96.